The van der Waals surface area contributed by atoms with Crippen LogP contribution >= 0.6 is 0 Å². The molecule has 0 radical (unpaired) electrons. The molecule has 2 aliphatic heterocycles. The van der Waals surface area contributed by atoms with Crippen molar-refractivity contribution in [1.82, 2.24) is 20.5 Å². The zero-order valence-electron chi connectivity index (χ0n) is 15.9. The number of hydrogen-bond donors (Lipinski definition) is 1. The number of rotatable bonds is 3. The van der Waals surface area contributed by atoms with E-state index in [2.05, 4.69) is 20.3 Å². The third-order valence-corrected chi connectivity index (χ3v) is 4.94. The van der Waals surface area contributed by atoms with Crippen LogP contribution in [-0.2, 0) is 9.53 Å². The molecular weight excluding hydrogens is 426 g/mol. The van der Waals surface area contributed by atoms with E-state index in [1.54, 1.807) is 12.1 Å². The summed E-state index contributed by atoms with van der Waals surface area (Å²) >= 11 is 0. The van der Waals surface area contributed by atoms with Crippen molar-refractivity contribution in [3.8, 4) is 5.75 Å². The summed E-state index contributed by atoms with van der Waals surface area (Å²) in [7, 11) is 0. The monoisotopic (exact) mass is 437 g/mol. The summed E-state index contributed by atoms with van der Waals surface area (Å²) in [6, 6.07) is 7.39. The van der Waals surface area contributed by atoms with Crippen molar-refractivity contribution in [2.45, 2.75) is 6.04 Å². The molecule has 160 valence electrons. The molecule has 1 unspecified atom stereocenters. The highest BCUT2D eigenvalue weighted by atomic mass is 16.6. The lowest BCUT2D eigenvalue weighted by Gasteiger charge is -2.33. The summed E-state index contributed by atoms with van der Waals surface area (Å²) in [6.45, 7) is -0.143. The maximum absolute atomic E-state index is 13.0. The summed E-state index contributed by atoms with van der Waals surface area (Å²) in [5.41, 5.74) is 1.28. The second-order valence-electron chi connectivity index (χ2n) is 6.80. The predicted molar refractivity (Wildman–Crippen MR) is 102 cm³/mol. The Morgan fingerprint density at radius 3 is 2.66 bits per heavy atom. The maximum Gasteiger partial charge on any atom is 0.424 e. The summed E-state index contributed by atoms with van der Waals surface area (Å²) in [5, 5.41) is 20.7. The minimum absolute atomic E-state index is 0.0305. The van der Waals surface area contributed by atoms with E-state index >= 15 is 0 Å². The molecule has 2 aliphatic rings. The number of urea groups is 1. The fourth-order valence-electron chi connectivity index (χ4n) is 3.49. The molecule has 13 heteroatoms. The first-order valence-electron chi connectivity index (χ1n) is 9.11. The zero-order chi connectivity index (χ0) is 22.4. The largest absolute Gasteiger partial charge is 0.456 e. The van der Waals surface area contributed by atoms with Gasteiger partial charge in [-0.15, -0.1) is 0 Å². The van der Waals surface area contributed by atoms with E-state index in [1.165, 1.54) is 18.2 Å². The van der Waals surface area contributed by atoms with E-state index in [-0.39, 0.29) is 29.3 Å². The molecule has 1 N–H and O–H groups in total. The smallest absolute Gasteiger partial charge is 0.424 e. The number of fused-ring (bicyclic) bond motifs is 1. The number of aromatic nitrogens is 2. The second-order valence-corrected chi connectivity index (χ2v) is 6.80. The number of cyclic esters (lactones) is 1. The van der Waals surface area contributed by atoms with Gasteiger partial charge in [-0.2, -0.15) is 0 Å². The number of nitrogens with zero attached hydrogens (tertiary/aromatic N) is 4. The van der Waals surface area contributed by atoms with Crippen LogP contribution in [0.15, 0.2) is 58.4 Å². The molecule has 0 aliphatic carbocycles. The highest BCUT2D eigenvalue weighted by Crippen LogP contribution is 2.38. The lowest BCUT2D eigenvalue weighted by atomic mass is 9.94. The molecule has 0 saturated heterocycles. The maximum atomic E-state index is 13.0. The van der Waals surface area contributed by atoms with Crippen LogP contribution in [0, 0.1) is 10.1 Å². The van der Waals surface area contributed by atoms with Crippen molar-refractivity contribution < 1.29 is 33.4 Å². The molecule has 0 spiro atoms. The van der Waals surface area contributed by atoms with Crippen molar-refractivity contribution in [3.05, 3.63) is 69.4 Å². The molecule has 3 aromatic rings. The number of hydrogen-bond acceptors (Lipinski definition) is 10. The number of ether oxygens (including phenoxy) is 2. The Labute approximate surface area is 177 Å². The van der Waals surface area contributed by atoms with Gasteiger partial charge in [0.1, 0.15) is 29.4 Å². The number of imide groups is 1. The Bertz CT molecular complexity index is 1330. The van der Waals surface area contributed by atoms with Crippen LogP contribution in [0.5, 0.6) is 5.75 Å². The molecule has 0 fully saturated rings. The van der Waals surface area contributed by atoms with E-state index in [0.717, 1.165) is 17.0 Å². The number of nitro groups is 1. The molecule has 3 heterocycles. The van der Waals surface area contributed by atoms with E-state index in [1.807, 2.05) is 0 Å². The highest BCUT2D eigenvalue weighted by Gasteiger charge is 2.46. The topological polar surface area (TPSA) is 167 Å². The van der Waals surface area contributed by atoms with E-state index < -0.39 is 29.1 Å². The molecule has 5 rings (SSSR count). The quantitative estimate of drug-likeness (QED) is 0.364. The number of amides is 3. The Kier molecular flexibility index (Phi) is 4.29. The lowest BCUT2D eigenvalue weighted by Crippen LogP contribution is -2.51. The summed E-state index contributed by atoms with van der Waals surface area (Å²) < 4.78 is 15.0. The number of nitro benzene ring substituents is 1. The molecule has 13 nitrogen and oxygen atoms in total. The van der Waals surface area contributed by atoms with E-state index in [0.29, 0.717) is 16.6 Å². The number of non-ortho nitro benzene ring substituents is 1. The molecule has 32 heavy (non-hydrogen) atoms. The van der Waals surface area contributed by atoms with Crippen molar-refractivity contribution >= 4 is 34.8 Å². The van der Waals surface area contributed by atoms with Crippen molar-refractivity contribution in [1.29, 1.82) is 0 Å². The minimum Gasteiger partial charge on any atom is -0.456 e. The second kappa shape index (κ2) is 7.16. The minimum atomic E-state index is -1.17. The molecule has 3 amide bonds. The van der Waals surface area contributed by atoms with E-state index in [9.17, 15) is 24.5 Å². The number of carbonyl (C=O) groups excluding carboxylic acids is 3. The Hall–Kier alpha value is -4.81. The fourth-order valence-corrected chi connectivity index (χ4v) is 3.49. The molecule has 1 atom stereocenters. The van der Waals surface area contributed by atoms with Gasteiger partial charge in [-0.05, 0) is 40.1 Å². The van der Waals surface area contributed by atoms with Crippen LogP contribution in [0.3, 0.4) is 0 Å². The summed E-state index contributed by atoms with van der Waals surface area (Å²) in [6.07, 6.45) is -1.11. The Balaban J connectivity index is 1.54. The molecule has 0 saturated carbocycles. The average Bonchev–Trinajstić information content (AvgIpc) is 3.39. The number of benzene rings is 2. The number of nitrogens with one attached hydrogen (secondary N) is 1. The standard InChI is InChI=1S/C19H11N5O8/c25-17-15-14(8-30-17)20-18(26)23(16(15)9-1-6-12-13(7-9)22-32-21-12)19(27)31-11-4-2-10(3-5-11)24(28)29/h1-7,16H,8H2,(H,20,26). The van der Waals surface area contributed by atoms with Gasteiger partial charge < -0.3 is 14.8 Å². The molecule has 2 aromatic carbocycles. The average molecular weight is 437 g/mol. The van der Waals surface area contributed by atoms with Crippen molar-refractivity contribution in [2.75, 3.05) is 6.61 Å². The fraction of sp³-hybridized carbons (Fsp3) is 0.105. The van der Waals surface area contributed by atoms with Gasteiger partial charge in [-0.3, -0.25) is 10.1 Å². The van der Waals surface area contributed by atoms with Gasteiger partial charge in [-0.1, -0.05) is 6.07 Å². The first kappa shape index (κ1) is 19.2. The highest BCUT2D eigenvalue weighted by molar-refractivity contribution is 6.02. The predicted octanol–water partition coefficient (Wildman–Crippen LogP) is 2.21. The van der Waals surface area contributed by atoms with Gasteiger partial charge in [0.2, 0.25) is 0 Å². The third kappa shape index (κ3) is 3.08. The van der Waals surface area contributed by atoms with Crippen LogP contribution in [0.25, 0.3) is 11.0 Å². The first-order valence-corrected chi connectivity index (χ1v) is 9.11. The van der Waals surface area contributed by atoms with Gasteiger partial charge in [0.15, 0.2) is 0 Å². The van der Waals surface area contributed by atoms with Gasteiger partial charge in [0.05, 0.1) is 16.2 Å². The van der Waals surface area contributed by atoms with Crippen LogP contribution in [-0.4, -0.2) is 44.8 Å². The number of esters is 1. The van der Waals surface area contributed by atoms with Crippen LogP contribution in [0.1, 0.15) is 11.6 Å². The van der Waals surface area contributed by atoms with Gasteiger partial charge in [0.25, 0.3) is 5.69 Å². The molecular formula is C19H11N5O8. The lowest BCUT2D eigenvalue weighted by molar-refractivity contribution is -0.384. The van der Waals surface area contributed by atoms with Crippen LogP contribution in [0.4, 0.5) is 15.3 Å². The molecule has 0 bridgehead atoms. The van der Waals surface area contributed by atoms with Gasteiger partial charge in [0, 0.05) is 12.1 Å². The van der Waals surface area contributed by atoms with Crippen LogP contribution in [0.2, 0.25) is 0 Å². The first-order chi connectivity index (χ1) is 15.4. The van der Waals surface area contributed by atoms with Crippen LogP contribution < -0.4 is 10.1 Å². The third-order valence-electron chi connectivity index (χ3n) is 4.94. The molecule has 1 aromatic heterocycles. The summed E-state index contributed by atoms with van der Waals surface area (Å²) in [4.78, 5) is 49.1. The SMILES string of the molecule is O=C1OCC2=C1C(c1ccc3nonc3c1)N(C(=O)Oc1ccc([N+](=O)[O-])cc1)C(=O)N2. The summed E-state index contributed by atoms with van der Waals surface area (Å²) in [5.74, 6) is -0.728. The zero-order valence-corrected chi connectivity index (χ0v) is 15.9. The van der Waals surface area contributed by atoms with Gasteiger partial charge in [-0.25, -0.2) is 23.9 Å². The van der Waals surface area contributed by atoms with Gasteiger partial charge >= 0.3 is 18.1 Å². The van der Waals surface area contributed by atoms with E-state index in [4.69, 9.17) is 9.47 Å². The van der Waals surface area contributed by atoms with Crippen molar-refractivity contribution in [3.63, 3.8) is 0 Å². The van der Waals surface area contributed by atoms with Crippen molar-refractivity contribution in [2.24, 2.45) is 0 Å². The number of carbonyl (C=O) groups is 3. The Morgan fingerprint density at radius 1 is 1.16 bits per heavy atom. The normalized spacial score (nSPS) is 17.8. The Morgan fingerprint density at radius 2 is 1.91 bits per heavy atom.